The summed E-state index contributed by atoms with van der Waals surface area (Å²) in [4.78, 5) is 35.2. The number of nitrogens with zero attached hydrogens (tertiary/aromatic N) is 1. The van der Waals surface area contributed by atoms with E-state index in [1.54, 1.807) is 0 Å². The first-order valence-electron chi connectivity index (χ1n) is 5.78. The smallest absolute Gasteiger partial charge is 0.323 e. The molecule has 18 heavy (non-hydrogen) atoms. The van der Waals surface area contributed by atoms with Crippen molar-refractivity contribution in [3.63, 3.8) is 0 Å². The lowest BCUT2D eigenvalue weighted by molar-refractivity contribution is -0.149. The molecule has 0 unspecified atom stereocenters. The summed E-state index contributed by atoms with van der Waals surface area (Å²) in [6.45, 7) is 2.83. The van der Waals surface area contributed by atoms with E-state index in [9.17, 15) is 14.4 Å². The highest BCUT2D eigenvalue weighted by molar-refractivity contribution is 5.95. The third-order valence-electron chi connectivity index (χ3n) is 3.02. The molecule has 0 saturated heterocycles. The van der Waals surface area contributed by atoms with Crippen LogP contribution in [0.2, 0.25) is 0 Å². The van der Waals surface area contributed by atoms with Crippen molar-refractivity contribution in [2.75, 3.05) is 13.6 Å². The van der Waals surface area contributed by atoms with E-state index in [0.29, 0.717) is 0 Å². The Kier molecular flexibility index (Phi) is 4.28. The van der Waals surface area contributed by atoms with E-state index < -0.39 is 23.4 Å². The van der Waals surface area contributed by atoms with Crippen LogP contribution in [0.25, 0.3) is 0 Å². The number of hydrogen-bond acceptors (Lipinski definition) is 4. The molecule has 0 spiro atoms. The second-order valence-corrected chi connectivity index (χ2v) is 5.02. The Bertz CT molecular complexity index is 363. The van der Waals surface area contributed by atoms with Crippen molar-refractivity contribution < 1.29 is 19.5 Å². The predicted molar refractivity (Wildman–Crippen MR) is 64.0 cm³/mol. The van der Waals surface area contributed by atoms with Crippen LogP contribution < -0.4 is 10.6 Å². The largest absolute Gasteiger partial charge is 0.480 e. The minimum Gasteiger partial charge on any atom is -0.480 e. The summed E-state index contributed by atoms with van der Waals surface area (Å²) in [6.07, 6.45) is 1.88. The van der Waals surface area contributed by atoms with E-state index in [0.717, 1.165) is 12.8 Å². The molecule has 0 heterocycles. The molecule has 3 N–H and O–H groups in total. The molecule has 102 valence electrons. The number of nitrogens with one attached hydrogen (secondary N) is 2. The summed E-state index contributed by atoms with van der Waals surface area (Å²) in [5.74, 6) is -1.55. The van der Waals surface area contributed by atoms with Gasteiger partial charge in [-0.2, -0.15) is 0 Å². The zero-order valence-electron chi connectivity index (χ0n) is 10.8. The second-order valence-electron chi connectivity index (χ2n) is 5.02. The number of likely N-dealkylation sites (N-methyl/N-ethyl adjacent to an activating group) is 1. The molecular formula is C11H19N3O4. The molecule has 7 nitrogen and oxygen atoms in total. The number of aliphatic carboxylic acids is 1. The van der Waals surface area contributed by atoms with Crippen LogP contribution in [-0.2, 0) is 9.59 Å². The molecule has 0 radical (unpaired) electrons. The molecule has 0 bridgehead atoms. The average Bonchev–Trinajstić information content (AvgIpc) is 3.00. The van der Waals surface area contributed by atoms with E-state index >= 15 is 0 Å². The van der Waals surface area contributed by atoms with Gasteiger partial charge < -0.3 is 10.4 Å². The second kappa shape index (κ2) is 5.34. The highest BCUT2D eigenvalue weighted by Crippen LogP contribution is 2.18. The standard InChI is InChI=1S/C11H19N3O4/c1-11(2,9(16)17)14(3)6-8(15)13-10(18)12-7-4-5-7/h7H,4-6H2,1-3H3,(H,16,17)(H2,12,13,15,18). The Morgan fingerprint density at radius 3 is 2.33 bits per heavy atom. The molecule has 1 aliphatic rings. The first kappa shape index (κ1) is 14.4. The van der Waals surface area contributed by atoms with E-state index in [-0.39, 0.29) is 12.6 Å². The zero-order chi connectivity index (χ0) is 13.9. The third kappa shape index (κ3) is 3.99. The van der Waals surface area contributed by atoms with Crippen molar-refractivity contribution in [2.24, 2.45) is 0 Å². The summed E-state index contributed by atoms with van der Waals surface area (Å²) in [7, 11) is 1.52. The maximum atomic E-state index is 11.5. The lowest BCUT2D eigenvalue weighted by Gasteiger charge is -2.30. The van der Waals surface area contributed by atoms with Crippen LogP contribution in [0.4, 0.5) is 4.79 Å². The van der Waals surface area contributed by atoms with Gasteiger partial charge in [0, 0.05) is 6.04 Å². The number of carboxylic acids is 1. The van der Waals surface area contributed by atoms with Gasteiger partial charge in [-0.25, -0.2) is 4.79 Å². The van der Waals surface area contributed by atoms with Crippen LogP contribution in [0.1, 0.15) is 26.7 Å². The molecule has 7 heteroatoms. The van der Waals surface area contributed by atoms with E-state index in [2.05, 4.69) is 10.6 Å². The molecular weight excluding hydrogens is 238 g/mol. The topological polar surface area (TPSA) is 98.7 Å². The van der Waals surface area contributed by atoms with Crippen LogP contribution in [-0.4, -0.2) is 53.1 Å². The van der Waals surface area contributed by atoms with Gasteiger partial charge in [-0.1, -0.05) is 0 Å². The van der Waals surface area contributed by atoms with Gasteiger partial charge in [0.2, 0.25) is 5.91 Å². The molecule has 0 aromatic rings. The maximum Gasteiger partial charge on any atom is 0.323 e. The Labute approximate surface area is 106 Å². The SMILES string of the molecule is CN(CC(=O)NC(=O)NC1CC1)C(C)(C)C(=O)O. The maximum absolute atomic E-state index is 11.5. The summed E-state index contributed by atoms with van der Waals surface area (Å²) < 4.78 is 0. The molecule has 1 rings (SSSR count). The van der Waals surface area contributed by atoms with Crippen molar-refractivity contribution >= 4 is 17.9 Å². The number of amides is 3. The fourth-order valence-corrected chi connectivity index (χ4v) is 1.19. The fourth-order valence-electron chi connectivity index (χ4n) is 1.19. The molecule has 0 aromatic heterocycles. The molecule has 1 saturated carbocycles. The quantitative estimate of drug-likeness (QED) is 0.632. The number of carbonyl (C=O) groups excluding carboxylic acids is 2. The first-order valence-corrected chi connectivity index (χ1v) is 5.78. The Balaban J connectivity index is 2.38. The van der Waals surface area contributed by atoms with Gasteiger partial charge in [0.15, 0.2) is 0 Å². The summed E-state index contributed by atoms with van der Waals surface area (Å²) >= 11 is 0. The van der Waals surface area contributed by atoms with Crippen molar-refractivity contribution in [3.05, 3.63) is 0 Å². The van der Waals surface area contributed by atoms with Crippen LogP contribution in [0.3, 0.4) is 0 Å². The van der Waals surface area contributed by atoms with Crippen molar-refractivity contribution in [3.8, 4) is 0 Å². The minimum atomic E-state index is -1.16. The fraction of sp³-hybridized carbons (Fsp3) is 0.727. The predicted octanol–water partition coefficient (Wildman–Crippen LogP) is -0.230. The average molecular weight is 257 g/mol. The highest BCUT2D eigenvalue weighted by Gasteiger charge is 2.33. The number of urea groups is 1. The number of rotatable bonds is 5. The van der Waals surface area contributed by atoms with Gasteiger partial charge in [-0.15, -0.1) is 0 Å². The van der Waals surface area contributed by atoms with Crippen LogP contribution in [0, 0.1) is 0 Å². The highest BCUT2D eigenvalue weighted by atomic mass is 16.4. The van der Waals surface area contributed by atoms with Crippen LogP contribution >= 0.6 is 0 Å². The molecule has 3 amide bonds. The summed E-state index contributed by atoms with van der Waals surface area (Å²) in [5, 5.41) is 13.8. The van der Waals surface area contributed by atoms with Gasteiger partial charge in [-0.05, 0) is 33.7 Å². The van der Waals surface area contributed by atoms with Crippen molar-refractivity contribution in [2.45, 2.75) is 38.3 Å². The van der Waals surface area contributed by atoms with Crippen LogP contribution in [0.15, 0.2) is 0 Å². The van der Waals surface area contributed by atoms with Gasteiger partial charge in [0.25, 0.3) is 0 Å². The summed E-state index contributed by atoms with van der Waals surface area (Å²) in [5.41, 5.74) is -1.16. The molecule has 0 aliphatic heterocycles. The van der Waals surface area contributed by atoms with E-state index in [1.165, 1.54) is 25.8 Å². The van der Waals surface area contributed by atoms with Crippen molar-refractivity contribution in [1.29, 1.82) is 0 Å². The van der Waals surface area contributed by atoms with Gasteiger partial charge in [-0.3, -0.25) is 19.8 Å². The Morgan fingerprint density at radius 2 is 1.89 bits per heavy atom. The number of carbonyl (C=O) groups is 3. The first-order chi connectivity index (χ1) is 8.23. The lowest BCUT2D eigenvalue weighted by Crippen LogP contribution is -2.53. The van der Waals surface area contributed by atoms with Gasteiger partial charge >= 0.3 is 12.0 Å². The van der Waals surface area contributed by atoms with Crippen molar-refractivity contribution in [1.82, 2.24) is 15.5 Å². The number of hydrogen-bond donors (Lipinski definition) is 3. The Hall–Kier alpha value is -1.63. The zero-order valence-corrected chi connectivity index (χ0v) is 10.8. The summed E-state index contributed by atoms with van der Waals surface area (Å²) in [6, 6.07) is -0.352. The van der Waals surface area contributed by atoms with Gasteiger partial charge in [0.1, 0.15) is 5.54 Å². The number of carboxylic acid groups (broad SMARTS) is 1. The lowest BCUT2D eigenvalue weighted by atomic mass is 10.0. The third-order valence-corrected chi connectivity index (χ3v) is 3.02. The van der Waals surface area contributed by atoms with Crippen LogP contribution in [0.5, 0.6) is 0 Å². The Morgan fingerprint density at radius 1 is 1.33 bits per heavy atom. The monoisotopic (exact) mass is 257 g/mol. The molecule has 1 fully saturated rings. The number of imide groups is 1. The van der Waals surface area contributed by atoms with Gasteiger partial charge in [0.05, 0.1) is 6.54 Å². The normalized spacial score (nSPS) is 15.3. The minimum absolute atomic E-state index is 0.155. The molecule has 0 atom stereocenters. The van der Waals surface area contributed by atoms with E-state index in [4.69, 9.17) is 5.11 Å². The molecule has 0 aromatic carbocycles. The van der Waals surface area contributed by atoms with E-state index in [1.807, 2.05) is 0 Å². The molecule has 1 aliphatic carbocycles.